The highest BCUT2D eigenvalue weighted by Crippen LogP contribution is 2.21. The number of aliphatic carboxylic acids is 1. The van der Waals surface area contributed by atoms with E-state index in [1.165, 1.54) is 0 Å². The Kier molecular flexibility index (Phi) is 3.91. The van der Waals surface area contributed by atoms with Gasteiger partial charge in [-0.05, 0) is 40.2 Å². The van der Waals surface area contributed by atoms with E-state index in [1.54, 1.807) is 20.8 Å². The van der Waals surface area contributed by atoms with Gasteiger partial charge in [-0.2, -0.15) is 0 Å². The van der Waals surface area contributed by atoms with Crippen LogP contribution in [0.1, 0.15) is 33.6 Å². The van der Waals surface area contributed by atoms with Crippen LogP contribution in [0, 0.1) is 5.92 Å². The summed E-state index contributed by atoms with van der Waals surface area (Å²) in [7, 11) is 0. The molecule has 0 unspecified atom stereocenters. The zero-order valence-corrected chi connectivity index (χ0v) is 9.91. The van der Waals surface area contributed by atoms with Crippen molar-refractivity contribution in [3.63, 3.8) is 0 Å². The van der Waals surface area contributed by atoms with Crippen LogP contribution in [-0.4, -0.2) is 30.1 Å². The Labute approximate surface area is 95.2 Å². The van der Waals surface area contributed by atoms with Crippen molar-refractivity contribution in [2.75, 3.05) is 6.54 Å². The molecule has 0 aliphatic carbocycles. The van der Waals surface area contributed by atoms with E-state index in [9.17, 15) is 14.7 Å². The maximum Gasteiger partial charge on any atom is 0.311 e. The highest BCUT2D eigenvalue weighted by molar-refractivity contribution is 5.83. The van der Waals surface area contributed by atoms with Gasteiger partial charge in [-0.1, -0.05) is 0 Å². The smallest absolute Gasteiger partial charge is 0.311 e. The lowest BCUT2D eigenvalue weighted by molar-refractivity contribution is -0.310. The van der Waals surface area contributed by atoms with Gasteiger partial charge < -0.3 is 20.0 Å². The Hall–Kier alpha value is -1.10. The average Bonchev–Trinajstić information content (AvgIpc) is 2.15. The van der Waals surface area contributed by atoms with Gasteiger partial charge in [-0.3, -0.25) is 4.79 Å². The quantitative estimate of drug-likeness (QED) is 0.641. The van der Waals surface area contributed by atoms with Crippen LogP contribution in [-0.2, 0) is 14.3 Å². The third-order valence-electron chi connectivity index (χ3n) is 2.42. The number of esters is 1. The number of carbonyl (C=O) groups is 2. The van der Waals surface area contributed by atoms with E-state index in [0.29, 0.717) is 13.0 Å². The van der Waals surface area contributed by atoms with E-state index in [2.05, 4.69) is 5.32 Å². The van der Waals surface area contributed by atoms with Crippen molar-refractivity contribution in [2.24, 2.45) is 5.92 Å². The molecular formula is C11H18NO4-. The molecule has 0 aromatic carbocycles. The summed E-state index contributed by atoms with van der Waals surface area (Å²) in [5.41, 5.74) is -0.592. The summed E-state index contributed by atoms with van der Waals surface area (Å²) >= 11 is 0. The maximum atomic E-state index is 11.8. The van der Waals surface area contributed by atoms with Gasteiger partial charge >= 0.3 is 5.97 Å². The molecule has 5 heteroatoms. The van der Waals surface area contributed by atoms with E-state index in [-0.39, 0.29) is 0 Å². The molecule has 0 amide bonds. The minimum atomic E-state index is -1.24. The summed E-state index contributed by atoms with van der Waals surface area (Å²) in [6.07, 6.45) is 1.30. The number of hydrogen-bond acceptors (Lipinski definition) is 5. The Balaban J connectivity index is 2.68. The molecule has 1 aliphatic rings. The lowest BCUT2D eigenvalue weighted by Gasteiger charge is -2.33. The van der Waals surface area contributed by atoms with Crippen LogP contribution < -0.4 is 10.4 Å². The number of hydrogen-bond donors (Lipinski definition) is 1. The minimum absolute atomic E-state index is 0.464. The molecule has 1 heterocycles. The predicted molar refractivity (Wildman–Crippen MR) is 55.4 cm³/mol. The topological polar surface area (TPSA) is 78.5 Å². The van der Waals surface area contributed by atoms with Gasteiger partial charge in [0.1, 0.15) is 5.60 Å². The number of nitrogens with one attached hydrogen (secondary N) is 1. The fourth-order valence-corrected chi connectivity index (χ4v) is 1.77. The van der Waals surface area contributed by atoms with Crippen molar-refractivity contribution in [1.29, 1.82) is 0 Å². The van der Waals surface area contributed by atoms with Crippen molar-refractivity contribution in [3.8, 4) is 0 Å². The van der Waals surface area contributed by atoms with Crippen LogP contribution in [0.15, 0.2) is 0 Å². The normalized spacial score (nSPS) is 26.2. The molecule has 5 nitrogen and oxygen atoms in total. The van der Waals surface area contributed by atoms with Gasteiger partial charge in [0, 0.05) is 0 Å². The number of carbonyl (C=O) groups excluding carboxylic acids is 2. The number of ether oxygens (including phenoxy) is 1. The Bertz CT molecular complexity index is 282. The summed E-state index contributed by atoms with van der Waals surface area (Å²) in [5, 5.41) is 13.6. The summed E-state index contributed by atoms with van der Waals surface area (Å²) in [5.74, 6) is -2.34. The number of carboxylic acid groups (broad SMARTS) is 1. The average molecular weight is 228 g/mol. The molecule has 2 atom stereocenters. The summed E-state index contributed by atoms with van der Waals surface area (Å²) < 4.78 is 5.19. The molecule has 0 aromatic rings. The second-order valence-corrected chi connectivity index (χ2v) is 5.03. The molecular weight excluding hydrogens is 210 g/mol. The molecule has 1 rings (SSSR count). The fourth-order valence-electron chi connectivity index (χ4n) is 1.77. The fraction of sp³-hybridized carbons (Fsp3) is 0.818. The van der Waals surface area contributed by atoms with Crippen LogP contribution in [0.2, 0.25) is 0 Å². The van der Waals surface area contributed by atoms with Crippen LogP contribution in [0.4, 0.5) is 0 Å². The molecule has 0 bridgehead atoms. The first-order valence-electron chi connectivity index (χ1n) is 5.48. The first-order chi connectivity index (χ1) is 7.31. The van der Waals surface area contributed by atoms with Crippen molar-refractivity contribution in [1.82, 2.24) is 5.32 Å². The highest BCUT2D eigenvalue weighted by atomic mass is 16.6. The number of piperidine rings is 1. The van der Waals surface area contributed by atoms with Crippen molar-refractivity contribution < 1.29 is 19.4 Å². The molecule has 92 valence electrons. The molecule has 0 spiro atoms. The maximum absolute atomic E-state index is 11.8. The number of rotatable bonds is 2. The summed E-state index contributed by atoms with van der Waals surface area (Å²) in [6, 6.07) is -0.927. The van der Waals surface area contributed by atoms with E-state index in [4.69, 9.17) is 4.74 Å². The van der Waals surface area contributed by atoms with Crippen molar-refractivity contribution in [2.45, 2.75) is 45.3 Å². The molecule has 1 aliphatic heterocycles. The Morgan fingerprint density at radius 2 is 2.00 bits per heavy atom. The Morgan fingerprint density at radius 3 is 2.50 bits per heavy atom. The van der Waals surface area contributed by atoms with Gasteiger partial charge in [0.15, 0.2) is 0 Å². The zero-order valence-electron chi connectivity index (χ0n) is 9.91. The van der Waals surface area contributed by atoms with Crippen LogP contribution in [0.25, 0.3) is 0 Å². The summed E-state index contributed by atoms with van der Waals surface area (Å²) in [6.45, 7) is 5.87. The highest BCUT2D eigenvalue weighted by Gasteiger charge is 2.34. The molecule has 0 aromatic heterocycles. The third-order valence-corrected chi connectivity index (χ3v) is 2.42. The predicted octanol–water partition coefficient (Wildman–Crippen LogP) is -0.554. The second kappa shape index (κ2) is 4.82. The molecule has 0 radical (unpaired) electrons. The van der Waals surface area contributed by atoms with E-state index in [1.807, 2.05) is 0 Å². The van der Waals surface area contributed by atoms with Gasteiger partial charge in [-0.25, -0.2) is 0 Å². The summed E-state index contributed by atoms with van der Waals surface area (Å²) in [4.78, 5) is 22.6. The molecule has 0 saturated carbocycles. The SMILES string of the molecule is CC(C)(C)OC(=O)[C@H]1CCCN[C@@H]1C(=O)[O-]. The van der Waals surface area contributed by atoms with Gasteiger partial charge in [-0.15, -0.1) is 0 Å². The molecule has 1 fully saturated rings. The first kappa shape index (κ1) is 13.0. The third kappa shape index (κ3) is 3.48. The standard InChI is InChI=1S/C11H19NO4/c1-11(2,3)16-10(15)7-5-4-6-12-8(7)9(13)14/h7-8,12H,4-6H2,1-3H3,(H,13,14)/p-1/t7-,8-/m0/s1. The van der Waals surface area contributed by atoms with Gasteiger partial charge in [0.25, 0.3) is 0 Å². The lowest BCUT2D eigenvalue weighted by atomic mass is 9.91. The molecule has 1 saturated heterocycles. The lowest BCUT2D eigenvalue weighted by Crippen LogP contribution is -2.55. The minimum Gasteiger partial charge on any atom is -0.548 e. The molecule has 16 heavy (non-hydrogen) atoms. The number of carboxylic acids is 1. The van der Waals surface area contributed by atoms with E-state index >= 15 is 0 Å². The van der Waals surface area contributed by atoms with Crippen LogP contribution in [0.5, 0.6) is 0 Å². The van der Waals surface area contributed by atoms with E-state index in [0.717, 1.165) is 6.42 Å². The monoisotopic (exact) mass is 228 g/mol. The largest absolute Gasteiger partial charge is 0.548 e. The zero-order chi connectivity index (χ0) is 12.3. The first-order valence-corrected chi connectivity index (χ1v) is 5.48. The van der Waals surface area contributed by atoms with Crippen LogP contribution in [0.3, 0.4) is 0 Å². The van der Waals surface area contributed by atoms with Gasteiger partial charge in [0.2, 0.25) is 0 Å². The Morgan fingerprint density at radius 1 is 1.38 bits per heavy atom. The van der Waals surface area contributed by atoms with Gasteiger partial charge in [0.05, 0.1) is 17.9 Å². The van der Waals surface area contributed by atoms with E-state index < -0.39 is 29.5 Å². The van der Waals surface area contributed by atoms with Crippen molar-refractivity contribution in [3.05, 3.63) is 0 Å². The van der Waals surface area contributed by atoms with Crippen molar-refractivity contribution >= 4 is 11.9 Å². The van der Waals surface area contributed by atoms with Crippen LogP contribution >= 0.6 is 0 Å². The molecule has 1 N–H and O–H groups in total. The second-order valence-electron chi connectivity index (χ2n) is 5.03.